The number of amides is 1. The molecule has 0 radical (unpaired) electrons. The summed E-state index contributed by atoms with van der Waals surface area (Å²) in [5, 5.41) is 34.8. The van der Waals surface area contributed by atoms with Crippen molar-refractivity contribution in [3.8, 4) is 17.2 Å². The van der Waals surface area contributed by atoms with Crippen LogP contribution in [0, 0.1) is 12.8 Å². The van der Waals surface area contributed by atoms with E-state index in [0.29, 0.717) is 16.5 Å². The van der Waals surface area contributed by atoms with Crippen molar-refractivity contribution in [1.82, 2.24) is 0 Å². The van der Waals surface area contributed by atoms with Gasteiger partial charge in [0.05, 0.1) is 15.4 Å². The fraction of sp³-hybridized carbons (Fsp3) is 0.242. The molecule has 0 unspecified atom stereocenters. The zero-order valence-electron chi connectivity index (χ0n) is 23.7. The lowest BCUT2D eigenvalue weighted by Gasteiger charge is -2.16. The van der Waals surface area contributed by atoms with Crippen LogP contribution in [0.2, 0.25) is 5.02 Å². The van der Waals surface area contributed by atoms with Gasteiger partial charge in [0.1, 0.15) is 0 Å². The summed E-state index contributed by atoms with van der Waals surface area (Å²) in [7, 11) is -3.91. The number of hydrogen-bond donors (Lipinski definition) is 4. The summed E-state index contributed by atoms with van der Waals surface area (Å²) in [6.07, 6.45) is 3.15. The third kappa shape index (κ3) is 6.89. The molecule has 4 aromatic rings. The number of halogens is 1. The Morgan fingerprint density at radius 2 is 1.48 bits per heavy atom. The Morgan fingerprint density at radius 1 is 0.833 bits per heavy atom. The predicted molar refractivity (Wildman–Crippen MR) is 164 cm³/mol. The minimum Gasteiger partial charge on any atom is -0.504 e. The molecule has 9 heteroatoms. The molecule has 4 aromatic carbocycles. The SMILES string of the molecule is Cc1ccc(S(=O)(=O)c2ccc(Cl)cc2)cc1NC(=O)c1cc(Cc2ccccc2CCCC(C)C)c(O)c(O)c1O. The molecule has 0 spiro atoms. The second-order valence-corrected chi connectivity index (χ2v) is 13.1. The van der Waals surface area contributed by atoms with Crippen molar-refractivity contribution in [3.63, 3.8) is 0 Å². The first-order chi connectivity index (χ1) is 19.9. The minimum absolute atomic E-state index is 0.0433. The number of phenols is 3. The van der Waals surface area contributed by atoms with Crippen molar-refractivity contribution in [2.45, 2.75) is 56.2 Å². The van der Waals surface area contributed by atoms with Gasteiger partial charge in [-0.1, -0.05) is 62.2 Å². The van der Waals surface area contributed by atoms with Crippen molar-refractivity contribution in [2.75, 3.05) is 5.32 Å². The number of aryl methyl sites for hydroxylation is 2. The molecule has 4 rings (SSSR count). The van der Waals surface area contributed by atoms with Crippen molar-refractivity contribution in [3.05, 3.63) is 106 Å². The fourth-order valence-electron chi connectivity index (χ4n) is 4.73. The fourth-order valence-corrected chi connectivity index (χ4v) is 6.15. The van der Waals surface area contributed by atoms with Crippen LogP contribution in [0.1, 0.15) is 59.3 Å². The zero-order valence-corrected chi connectivity index (χ0v) is 25.3. The molecule has 0 bridgehead atoms. The Labute approximate surface area is 251 Å². The van der Waals surface area contributed by atoms with Crippen molar-refractivity contribution in [2.24, 2.45) is 5.92 Å². The zero-order chi connectivity index (χ0) is 30.6. The highest BCUT2D eigenvalue weighted by molar-refractivity contribution is 7.91. The van der Waals surface area contributed by atoms with Gasteiger partial charge in [0, 0.05) is 22.7 Å². The van der Waals surface area contributed by atoms with Crippen molar-refractivity contribution < 1.29 is 28.5 Å². The molecule has 0 saturated carbocycles. The molecule has 42 heavy (non-hydrogen) atoms. The average molecular weight is 608 g/mol. The number of carbonyl (C=O) groups excluding carboxylic acids is 1. The van der Waals surface area contributed by atoms with E-state index in [4.69, 9.17) is 11.6 Å². The first-order valence-corrected chi connectivity index (χ1v) is 15.5. The molecular formula is C33H34ClNO6S. The molecule has 4 N–H and O–H groups in total. The van der Waals surface area contributed by atoms with Gasteiger partial charge in [0.2, 0.25) is 15.6 Å². The van der Waals surface area contributed by atoms with Gasteiger partial charge in [0.15, 0.2) is 11.5 Å². The molecule has 220 valence electrons. The van der Waals surface area contributed by atoms with Gasteiger partial charge in [0.25, 0.3) is 5.91 Å². The number of benzene rings is 4. The number of anilines is 1. The van der Waals surface area contributed by atoms with Crippen LogP contribution in [0.5, 0.6) is 17.2 Å². The molecule has 0 atom stereocenters. The van der Waals surface area contributed by atoms with Gasteiger partial charge >= 0.3 is 0 Å². The minimum atomic E-state index is -3.91. The molecule has 0 saturated heterocycles. The van der Waals surface area contributed by atoms with Crippen LogP contribution < -0.4 is 5.32 Å². The molecule has 0 aliphatic heterocycles. The van der Waals surface area contributed by atoms with Crippen LogP contribution in [-0.4, -0.2) is 29.6 Å². The molecule has 7 nitrogen and oxygen atoms in total. The van der Waals surface area contributed by atoms with Crippen molar-refractivity contribution >= 4 is 33.0 Å². The second kappa shape index (κ2) is 12.9. The Bertz CT molecular complexity index is 1720. The Morgan fingerprint density at radius 3 is 2.14 bits per heavy atom. The maximum Gasteiger partial charge on any atom is 0.259 e. The second-order valence-electron chi connectivity index (χ2n) is 10.7. The maximum absolute atomic E-state index is 13.4. The summed E-state index contributed by atoms with van der Waals surface area (Å²) < 4.78 is 26.4. The monoisotopic (exact) mass is 607 g/mol. The smallest absolute Gasteiger partial charge is 0.259 e. The summed E-state index contributed by atoms with van der Waals surface area (Å²) in [5.41, 5.74) is 2.83. The van der Waals surface area contributed by atoms with Crippen LogP contribution in [-0.2, 0) is 22.7 Å². The third-order valence-corrected chi connectivity index (χ3v) is 9.21. The Hall–Kier alpha value is -4.01. The number of phenolic OH excluding ortho intramolecular Hbond substituents is 3. The summed E-state index contributed by atoms with van der Waals surface area (Å²) in [5.74, 6) is -2.28. The number of hydrogen-bond acceptors (Lipinski definition) is 6. The summed E-state index contributed by atoms with van der Waals surface area (Å²) in [6, 6.07) is 19.2. The maximum atomic E-state index is 13.4. The van der Waals surface area contributed by atoms with Crippen LogP contribution >= 0.6 is 11.6 Å². The van der Waals surface area contributed by atoms with E-state index < -0.39 is 33.0 Å². The lowest BCUT2D eigenvalue weighted by molar-refractivity contribution is 0.102. The Kier molecular flexibility index (Phi) is 9.49. The van der Waals surface area contributed by atoms with E-state index >= 15 is 0 Å². The van der Waals surface area contributed by atoms with Crippen LogP contribution in [0.4, 0.5) is 5.69 Å². The van der Waals surface area contributed by atoms with Gasteiger partial charge in [-0.3, -0.25) is 4.79 Å². The number of aromatic hydroxyl groups is 3. The topological polar surface area (TPSA) is 124 Å². The first-order valence-electron chi connectivity index (χ1n) is 13.6. The van der Waals surface area contributed by atoms with Gasteiger partial charge in [-0.05, 0) is 84.8 Å². The molecule has 0 aliphatic carbocycles. The largest absolute Gasteiger partial charge is 0.504 e. The van der Waals surface area contributed by atoms with Crippen LogP contribution in [0.25, 0.3) is 0 Å². The number of carbonyl (C=O) groups is 1. The quantitative estimate of drug-likeness (QED) is 0.139. The highest BCUT2D eigenvalue weighted by atomic mass is 35.5. The average Bonchev–Trinajstić information content (AvgIpc) is 2.95. The number of rotatable bonds is 10. The standard InChI is InChI=1S/C33H34ClNO6S/c1-20(2)7-6-10-22-8-4-5-9-23(22)17-24-18-28(31(37)32(38)30(24)36)33(39)35-29-19-27(14-11-21(29)3)42(40,41)26-15-12-25(34)13-16-26/h4-5,8-9,11-16,18-20,36-38H,6-7,10,17H2,1-3H3,(H,35,39). The van der Waals surface area contributed by atoms with Crippen molar-refractivity contribution in [1.29, 1.82) is 0 Å². The summed E-state index contributed by atoms with van der Waals surface area (Å²) in [4.78, 5) is 13.4. The summed E-state index contributed by atoms with van der Waals surface area (Å²) in [6.45, 7) is 6.04. The Balaban J connectivity index is 1.63. The van der Waals surface area contributed by atoms with E-state index in [1.54, 1.807) is 13.0 Å². The molecule has 0 fully saturated rings. The highest BCUT2D eigenvalue weighted by Gasteiger charge is 2.24. The molecule has 0 aromatic heterocycles. The van der Waals surface area contributed by atoms with Gasteiger partial charge in [-0.2, -0.15) is 0 Å². The van der Waals surface area contributed by atoms with E-state index in [-0.39, 0.29) is 33.0 Å². The summed E-state index contributed by atoms with van der Waals surface area (Å²) >= 11 is 5.90. The van der Waals surface area contributed by atoms with Gasteiger partial charge < -0.3 is 20.6 Å². The van der Waals surface area contributed by atoms with E-state index in [9.17, 15) is 28.5 Å². The molecule has 1 amide bonds. The van der Waals surface area contributed by atoms with Gasteiger partial charge in [-0.25, -0.2) is 8.42 Å². The number of nitrogens with one attached hydrogen (secondary N) is 1. The normalized spacial score (nSPS) is 11.5. The van der Waals surface area contributed by atoms with E-state index in [1.807, 2.05) is 24.3 Å². The van der Waals surface area contributed by atoms with Crippen LogP contribution in [0.3, 0.4) is 0 Å². The highest BCUT2D eigenvalue weighted by Crippen LogP contribution is 2.42. The van der Waals surface area contributed by atoms with Gasteiger partial charge in [-0.15, -0.1) is 0 Å². The molecule has 0 aliphatic rings. The number of sulfone groups is 1. The van der Waals surface area contributed by atoms with E-state index in [0.717, 1.165) is 30.4 Å². The molecular weight excluding hydrogens is 574 g/mol. The predicted octanol–water partition coefficient (Wildman–Crippen LogP) is 7.42. The lowest BCUT2D eigenvalue weighted by Crippen LogP contribution is -2.14. The first kappa shape index (κ1) is 30.9. The third-order valence-electron chi connectivity index (χ3n) is 7.19. The lowest BCUT2D eigenvalue weighted by atomic mass is 9.93. The van der Waals surface area contributed by atoms with E-state index in [1.165, 1.54) is 42.5 Å². The molecule has 0 heterocycles. The van der Waals surface area contributed by atoms with Crippen LogP contribution in [0.15, 0.2) is 82.6 Å². The van der Waals surface area contributed by atoms with E-state index in [2.05, 4.69) is 19.2 Å².